The Morgan fingerprint density at radius 2 is 2.21 bits per heavy atom. The van der Waals surface area contributed by atoms with Crippen molar-refractivity contribution in [3.8, 4) is 0 Å². The molecule has 2 N–H and O–H groups in total. The van der Waals surface area contributed by atoms with Crippen LogP contribution in [0.3, 0.4) is 0 Å². The summed E-state index contributed by atoms with van der Waals surface area (Å²) in [5.74, 6) is 0. The van der Waals surface area contributed by atoms with Crippen LogP contribution < -0.4 is 5.73 Å². The molecule has 0 aromatic rings. The highest BCUT2D eigenvalue weighted by Crippen LogP contribution is 2.15. The number of hydrogen-bond donors (Lipinski definition) is 1. The van der Waals surface area contributed by atoms with Gasteiger partial charge >= 0.3 is 0 Å². The zero-order valence-corrected chi connectivity index (χ0v) is 9.37. The third-order valence-corrected chi connectivity index (χ3v) is 2.93. The van der Waals surface area contributed by atoms with Crippen LogP contribution in [0.5, 0.6) is 0 Å². The van der Waals surface area contributed by atoms with Gasteiger partial charge in [0.15, 0.2) is 0 Å². The molecule has 1 saturated heterocycles. The lowest BCUT2D eigenvalue weighted by Gasteiger charge is -2.26. The van der Waals surface area contributed by atoms with Gasteiger partial charge in [-0.05, 0) is 32.2 Å². The molecule has 0 aromatic carbocycles. The lowest BCUT2D eigenvalue weighted by molar-refractivity contribution is 0.00591. The maximum atomic E-state index is 5.69. The van der Waals surface area contributed by atoms with Gasteiger partial charge < -0.3 is 15.4 Å². The number of ether oxygens (including phenoxy) is 1. The van der Waals surface area contributed by atoms with E-state index in [1.54, 1.807) is 0 Å². The van der Waals surface area contributed by atoms with Crippen molar-refractivity contribution in [2.24, 2.45) is 5.73 Å². The van der Waals surface area contributed by atoms with Gasteiger partial charge in [0.05, 0.1) is 6.10 Å². The van der Waals surface area contributed by atoms with Crippen molar-refractivity contribution in [3.05, 3.63) is 0 Å². The van der Waals surface area contributed by atoms with Crippen molar-refractivity contribution in [2.75, 3.05) is 32.8 Å². The molecule has 1 aliphatic heterocycles. The van der Waals surface area contributed by atoms with Crippen molar-refractivity contribution in [3.63, 3.8) is 0 Å². The molecule has 84 valence electrons. The number of likely N-dealkylation sites (N-methyl/N-ethyl adjacent to an activating group) is 1. The van der Waals surface area contributed by atoms with Gasteiger partial charge in [-0.1, -0.05) is 6.92 Å². The standard InChI is InChI=1S/C11H24N2O/c1-2-13(9-7-12)8-6-11-5-3-4-10-14-11/h11H,2-10,12H2,1H3. The van der Waals surface area contributed by atoms with E-state index in [0.29, 0.717) is 6.10 Å². The van der Waals surface area contributed by atoms with E-state index < -0.39 is 0 Å². The number of hydrogen-bond acceptors (Lipinski definition) is 3. The number of rotatable bonds is 6. The highest BCUT2D eigenvalue weighted by molar-refractivity contribution is 4.66. The van der Waals surface area contributed by atoms with Crippen LogP contribution in [-0.4, -0.2) is 43.8 Å². The first-order chi connectivity index (χ1) is 6.86. The second-order valence-electron chi connectivity index (χ2n) is 4.00. The third-order valence-electron chi connectivity index (χ3n) is 2.93. The SMILES string of the molecule is CCN(CCN)CCC1CCCCO1. The molecule has 0 bridgehead atoms. The molecule has 1 fully saturated rings. The Bertz CT molecular complexity index is 130. The van der Waals surface area contributed by atoms with Crippen molar-refractivity contribution in [1.29, 1.82) is 0 Å². The van der Waals surface area contributed by atoms with Crippen LogP contribution in [0, 0.1) is 0 Å². The molecule has 1 rings (SSSR count). The molecular weight excluding hydrogens is 176 g/mol. The van der Waals surface area contributed by atoms with Crippen molar-refractivity contribution >= 4 is 0 Å². The first-order valence-corrected chi connectivity index (χ1v) is 5.90. The summed E-state index contributed by atoms with van der Waals surface area (Å²) in [6.45, 7) is 7.18. The summed E-state index contributed by atoms with van der Waals surface area (Å²) in [4.78, 5) is 2.40. The molecule has 0 spiro atoms. The van der Waals surface area contributed by atoms with Crippen LogP contribution in [0.4, 0.5) is 0 Å². The van der Waals surface area contributed by atoms with E-state index in [2.05, 4.69) is 11.8 Å². The average molecular weight is 200 g/mol. The van der Waals surface area contributed by atoms with Gasteiger partial charge in [0.2, 0.25) is 0 Å². The van der Waals surface area contributed by atoms with E-state index in [1.807, 2.05) is 0 Å². The molecule has 0 saturated carbocycles. The normalized spacial score (nSPS) is 22.9. The van der Waals surface area contributed by atoms with Crippen LogP contribution >= 0.6 is 0 Å². The lowest BCUT2D eigenvalue weighted by Crippen LogP contribution is -2.33. The van der Waals surface area contributed by atoms with Gasteiger partial charge in [-0.15, -0.1) is 0 Å². The lowest BCUT2D eigenvalue weighted by atomic mass is 10.1. The zero-order chi connectivity index (χ0) is 10.2. The topological polar surface area (TPSA) is 38.5 Å². The minimum atomic E-state index is 0.510. The van der Waals surface area contributed by atoms with E-state index in [4.69, 9.17) is 10.5 Å². The molecule has 14 heavy (non-hydrogen) atoms. The molecule has 1 heterocycles. The molecule has 3 nitrogen and oxygen atoms in total. The molecule has 0 radical (unpaired) electrons. The zero-order valence-electron chi connectivity index (χ0n) is 9.37. The Morgan fingerprint density at radius 3 is 2.79 bits per heavy atom. The van der Waals surface area contributed by atoms with Gasteiger partial charge in [-0.25, -0.2) is 0 Å². The van der Waals surface area contributed by atoms with E-state index in [1.165, 1.54) is 25.7 Å². The van der Waals surface area contributed by atoms with Gasteiger partial charge in [0.1, 0.15) is 0 Å². The summed E-state index contributed by atoms with van der Waals surface area (Å²) in [6.07, 6.45) is 5.52. The first-order valence-electron chi connectivity index (χ1n) is 5.90. The Hall–Kier alpha value is -0.120. The second kappa shape index (κ2) is 7.21. The van der Waals surface area contributed by atoms with Crippen molar-refractivity contribution < 1.29 is 4.74 Å². The minimum absolute atomic E-state index is 0.510. The first kappa shape index (κ1) is 12.0. The van der Waals surface area contributed by atoms with Crippen LogP contribution in [0.2, 0.25) is 0 Å². The summed E-state index contributed by atoms with van der Waals surface area (Å²) < 4.78 is 5.69. The summed E-state index contributed by atoms with van der Waals surface area (Å²) in [6, 6.07) is 0. The third kappa shape index (κ3) is 4.40. The molecule has 1 aliphatic rings. The fraction of sp³-hybridized carbons (Fsp3) is 1.00. The van der Waals surface area contributed by atoms with E-state index in [-0.39, 0.29) is 0 Å². The van der Waals surface area contributed by atoms with Crippen LogP contribution in [-0.2, 0) is 4.74 Å². The van der Waals surface area contributed by atoms with E-state index in [9.17, 15) is 0 Å². The molecule has 3 heteroatoms. The van der Waals surface area contributed by atoms with Crippen LogP contribution in [0.15, 0.2) is 0 Å². The molecular formula is C11H24N2O. The predicted molar refractivity (Wildman–Crippen MR) is 59.4 cm³/mol. The van der Waals surface area contributed by atoms with Crippen LogP contribution in [0.1, 0.15) is 32.6 Å². The van der Waals surface area contributed by atoms with Gasteiger partial charge in [0, 0.05) is 26.2 Å². The average Bonchev–Trinajstić information content (AvgIpc) is 2.25. The summed E-state index contributed by atoms with van der Waals surface area (Å²) >= 11 is 0. The molecule has 0 aromatic heterocycles. The Kier molecular flexibility index (Phi) is 6.15. The van der Waals surface area contributed by atoms with Crippen molar-refractivity contribution in [1.82, 2.24) is 4.90 Å². The molecule has 0 amide bonds. The van der Waals surface area contributed by atoms with Crippen molar-refractivity contribution in [2.45, 2.75) is 38.7 Å². The number of nitrogens with two attached hydrogens (primary N) is 1. The Morgan fingerprint density at radius 1 is 1.36 bits per heavy atom. The smallest absolute Gasteiger partial charge is 0.0587 e. The summed E-state index contributed by atoms with van der Waals surface area (Å²) in [7, 11) is 0. The maximum absolute atomic E-state index is 5.69. The van der Waals surface area contributed by atoms with Gasteiger partial charge in [-0.2, -0.15) is 0 Å². The molecule has 1 unspecified atom stereocenters. The highest BCUT2D eigenvalue weighted by atomic mass is 16.5. The minimum Gasteiger partial charge on any atom is -0.378 e. The van der Waals surface area contributed by atoms with Crippen LogP contribution in [0.25, 0.3) is 0 Å². The Labute approximate surface area is 87.6 Å². The fourth-order valence-corrected chi connectivity index (χ4v) is 1.97. The second-order valence-corrected chi connectivity index (χ2v) is 4.00. The highest BCUT2D eigenvalue weighted by Gasteiger charge is 2.14. The predicted octanol–water partition coefficient (Wildman–Crippen LogP) is 1.23. The molecule has 1 atom stereocenters. The number of nitrogens with zero attached hydrogens (tertiary/aromatic N) is 1. The van der Waals surface area contributed by atoms with Gasteiger partial charge in [0.25, 0.3) is 0 Å². The monoisotopic (exact) mass is 200 g/mol. The molecule has 0 aliphatic carbocycles. The van der Waals surface area contributed by atoms with E-state index in [0.717, 1.165) is 32.8 Å². The summed E-state index contributed by atoms with van der Waals surface area (Å²) in [5, 5.41) is 0. The van der Waals surface area contributed by atoms with Gasteiger partial charge in [-0.3, -0.25) is 0 Å². The van der Waals surface area contributed by atoms with E-state index >= 15 is 0 Å². The maximum Gasteiger partial charge on any atom is 0.0587 e. The fourth-order valence-electron chi connectivity index (χ4n) is 1.97. The summed E-state index contributed by atoms with van der Waals surface area (Å²) in [5.41, 5.74) is 5.54. The Balaban J connectivity index is 2.10. The quantitative estimate of drug-likeness (QED) is 0.701. The largest absolute Gasteiger partial charge is 0.378 e.